The molecule has 0 spiro atoms. The Morgan fingerprint density at radius 2 is 1.53 bits per heavy atom. The molecule has 6 nitrogen and oxygen atoms in total. The maximum absolute atomic E-state index is 12.8. The number of benzene rings is 1. The van der Waals surface area contributed by atoms with Gasteiger partial charge in [-0.05, 0) is 49.9 Å². The van der Waals surface area contributed by atoms with Crippen LogP contribution in [-0.2, 0) is 21.0 Å². The van der Waals surface area contributed by atoms with Crippen molar-refractivity contribution in [2.75, 3.05) is 39.3 Å². The minimum atomic E-state index is -4.51. The lowest BCUT2D eigenvalue weighted by Gasteiger charge is -2.39. The van der Waals surface area contributed by atoms with E-state index in [0.717, 1.165) is 50.2 Å². The molecule has 0 N–H and O–H groups in total. The normalized spacial score (nSPS) is 21.6. The molecule has 1 atom stereocenters. The number of piperazine rings is 1. The van der Waals surface area contributed by atoms with Crippen molar-refractivity contribution in [2.45, 2.75) is 43.8 Å². The number of carbonyl (C=O) groups is 1. The molecule has 3 rings (SSSR count). The number of halogens is 3. The largest absolute Gasteiger partial charge is 0.416 e. The molecule has 2 aliphatic rings. The maximum Gasteiger partial charge on any atom is 0.416 e. The molecule has 0 radical (unpaired) electrons. The number of carbonyl (C=O) groups excluding carboxylic acids is 1. The molecule has 0 aliphatic carbocycles. The predicted octanol–water partition coefficient (Wildman–Crippen LogP) is 2.66. The van der Waals surface area contributed by atoms with Crippen molar-refractivity contribution in [3.05, 3.63) is 29.8 Å². The van der Waals surface area contributed by atoms with Crippen molar-refractivity contribution >= 4 is 15.9 Å². The fraction of sp³-hybridized carbons (Fsp3) is 0.650. The second kappa shape index (κ2) is 8.84. The lowest BCUT2D eigenvalue weighted by atomic mass is 9.98. The Bertz CT molecular complexity index is 842. The molecule has 0 aromatic heterocycles. The zero-order valence-corrected chi connectivity index (χ0v) is 18.0. The van der Waals surface area contributed by atoms with Crippen molar-refractivity contribution in [3.8, 4) is 0 Å². The van der Waals surface area contributed by atoms with Gasteiger partial charge in [0.25, 0.3) is 0 Å². The van der Waals surface area contributed by atoms with Crippen LogP contribution in [0.15, 0.2) is 29.2 Å². The number of piperidine rings is 1. The first kappa shape index (κ1) is 23.0. The number of hydrogen-bond donors (Lipinski definition) is 0. The Labute approximate surface area is 175 Å². The highest BCUT2D eigenvalue weighted by molar-refractivity contribution is 7.89. The van der Waals surface area contributed by atoms with Gasteiger partial charge in [0.05, 0.1) is 16.5 Å². The highest BCUT2D eigenvalue weighted by atomic mass is 32.2. The van der Waals surface area contributed by atoms with E-state index in [0.29, 0.717) is 19.0 Å². The Kier molecular flexibility index (Phi) is 6.78. The summed E-state index contributed by atoms with van der Waals surface area (Å²) >= 11 is 0. The third-order valence-corrected chi connectivity index (χ3v) is 8.01. The van der Waals surface area contributed by atoms with E-state index < -0.39 is 21.8 Å². The molecule has 1 aromatic rings. The Morgan fingerprint density at radius 1 is 1.00 bits per heavy atom. The number of likely N-dealkylation sites (tertiary alicyclic amines) is 1. The minimum absolute atomic E-state index is 0.0703. The number of sulfonamides is 1. The highest BCUT2D eigenvalue weighted by Gasteiger charge is 2.35. The maximum atomic E-state index is 12.8. The fourth-order valence-electron chi connectivity index (χ4n) is 3.95. The van der Waals surface area contributed by atoms with E-state index in [9.17, 15) is 26.4 Å². The van der Waals surface area contributed by atoms with Gasteiger partial charge >= 0.3 is 6.18 Å². The molecule has 0 saturated carbocycles. The van der Waals surface area contributed by atoms with E-state index in [1.165, 1.54) is 4.31 Å². The molecular weight excluding hydrogens is 419 g/mol. The quantitative estimate of drug-likeness (QED) is 0.712. The van der Waals surface area contributed by atoms with Gasteiger partial charge in [-0.3, -0.25) is 9.69 Å². The third-order valence-electron chi connectivity index (χ3n) is 6.09. The van der Waals surface area contributed by atoms with Gasteiger partial charge in [0.2, 0.25) is 15.9 Å². The standard InChI is InChI=1S/C20H28F3N3O3S/c1-15-7-9-25(10-8-15)19(27)16(2)24-11-13-26(14-12-24)30(28,29)18-5-3-17(4-6-18)20(21,22)23/h3-6,15-16H,7-14H2,1-2H3. The molecule has 1 unspecified atom stereocenters. The molecule has 2 heterocycles. The Hall–Kier alpha value is -1.65. The van der Waals surface area contributed by atoms with Crippen molar-refractivity contribution in [3.63, 3.8) is 0 Å². The van der Waals surface area contributed by atoms with Gasteiger partial charge in [0.15, 0.2) is 0 Å². The van der Waals surface area contributed by atoms with Crippen LogP contribution >= 0.6 is 0 Å². The molecule has 168 valence electrons. The van der Waals surface area contributed by atoms with Gasteiger partial charge in [0, 0.05) is 39.3 Å². The summed E-state index contributed by atoms with van der Waals surface area (Å²) in [6.45, 7) is 6.73. The van der Waals surface area contributed by atoms with Gasteiger partial charge in [-0.25, -0.2) is 8.42 Å². The molecule has 2 aliphatic heterocycles. The number of nitrogens with zero attached hydrogens (tertiary/aromatic N) is 3. The predicted molar refractivity (Wildman–Crippen MR) is 106 cm³/mol. The van der Waals surface area contributed by atoms with Gasteiger partial charge in [-0.15, -0.1) is 0 Å². The molecule has 0 bridgehead atoms. The topological polar surface area (TPSA) is 60.9 Å². The number of hydrogen-bond acceptors (Lipinski definition) is 4. The summed E-state index contributed by atoms with van der Waals surface area (Å²) in [5.41, 5.74) is -0.884. The first-order valence-corrected chi connectivity index (χ1v) is 11.6. The molecule has 1 aromatic carbocycles. The average Bonchev–Trinajstić information content (AvgIpc) is 2.73. The summed E-state index contributed by atoms with van der Waals surface area (Å²) in [5.74, 6) is 0.698. The number of alkyl halides is 3. The summed E-state index contributed by atoms with van der Waals surface area (Å²) in [6, 6.07) is 3.23. The zero-order valence-electron chi connectivity index (χ0n) is 17.2. The van der Waals surface area contributed by atoms with Crippen LogP contribution in [0.3, 0.4) is 0 Å². The molecule has 30 heavy (non-hydrogen) atoms. The van der Waals surface area contributed by atoms with Crippen LogP contribution in [0, 0.1) is 5.92 Å². The zero-order chi connectivity index (χ0) is 22.1. The first-order chi connectivity index (χ1) is 14.0. The average molecular weight is 448 g/mol. The summed E-state index contributed by atoms with van der Waals surface area (Å²) in [6.07, 6.45) is -2.52. The molecular formula is C20H28F3N3O3S. The first-order valence-electron chi connectivity index (χ1n) is 10.2. The van der Waals surface area contributed by atoms with Crippen LogP contribution in [0.1, 0.15) is 32.3 Å². The summed E-state index contributed by atoms with van der Waals surface area (Å²) < 4.78 is 65.0. The smallest absolute Gasteiger partial charge is 0.341 e. The van der Waals surface area contributed by atoms with Crippen molar-refractivity contribution in [1.29, 1.82) is 0 Å². The van der Waals surface area contributed by atoms with Gasteiger partial charge < -0.3 is 4.90 Å². The van der Waals surface area contributed by atoms with E-state index in [-0.39, 0.29) is 29.9 Å². The van der Waals surface area contributed by atoms with E-state index in [4.69, 9.17) is 0 Å². The van der Waals surface area contributed by atoms with Crippen LogP contribution in [0.4, 0.5) is 13.2 Å². The monoisotopic (exact) mass is 447 g/mol. The van der Waals surface area contributed by atoms with E-state index in [1.807, 2.05) is 16.7 Å². The second-order valence-corrected chi connectivity index (χ2v) is 10.1. The van der Waals surface area contributed by atoms with E-state index in [2.05, 4.69) is 6.92 Å². The molecule has 2 saturated heterocycles. The fourth-order valence-corrected chi connectivity index (χ4v) is 5.37. The van der Waals surface area contributed by atoms with Crippen LogP contribution in [0.2, 0.25) is 0 Å². The van der Waals surface area contributed by atoms with Gasteiger partial charge in [-0.1, -0.05) is 6.92 Å². The van der Waals surface area contributed by atoms with E-state index in [1.54, 1.807) is 0 Å². The lowest BCUT2D eigenvalue weighted by Crippen LogP contribution is -2.56. The summed E-state index contributed by atoms with van der Waals surface area (Å²) in [7, 11) is -3.88. The van der Waals surface area contributed by atoms with Crippen molar-refractivity contribution in [2.24, 2.45) is 5.92 Å². The number of rotatable bonds is 4. The van der Waals surface area contributed by atoms with E-state index >= 15 is 0 Å². The summed E-state index contributed by atoms with van der Waals surface area (Å²) in [5, 5.41) is 0. The minimum Gasteiger partial charge on any atom is -0.341 e. The van der Waals surface area contributed by atoms with Crippen molar-refractivity contribution < 1.29 is 26.4 Å². The Balaban J connectivity index is 1.59. The van der Waals surface area contributed by atoms with Gasteiger partial charge in [-0.2, -0.15) is 17.5 Å². The molecule has 2 fully saturated rings. The van der Waals surface area contributed by atoms with Crippen LogP contribution in [0.5, 0.6) is 0 Å². The lowest BCUT2D eigenvalue weighted by molar-refractivity contribution is -0.138. The highest BCUT2D eigenvalue weighted by Crippen LogP contribution is 2.30. The number of amides is 1. The molecule has 1 amide bonds. The SMILES string of the molecule is CC1CCN(C(=O)C(C)N2CCN(S(=O)(=O)c3ccc(C(F)(F)F)cc3)CC2)CC1. The van der Waals surface area contributed by atoms with Gasteiger partial charge in [0.1, 0.15) is 0 Å². The van der Waals surface area contributed by atoms with Crippen molar-refractivity contribution in [1.82, 2.24) is 14.1 Å². The van der Waals surface area contributed by atoms with Crippen LogP contribution in [-0.4, -0.2) is 73.7 Å². The Morgan fingerprint density at radius 3 is 2.03 bits per heavy atom. The molecule has 10 heteroatoms. The summed E-state index contributed by atoms with van der Waals surface area (Å²) in [4.78, 5) is 16.5. The second-order valence-electron chi connectivity index (χ2n) is 8.15. The third kappa shape index (κ3) is 4.97. The van der Waals surface area contributed by atoms with Crippen LogP contribution < -0.4 is 0 Å². The van der Waals surface area contributed by atoms with Crippen LogP contribution in [0.25, 0.3) is 0 Å².